The molecule has 0 aliphatic carbocycles. The zero-order valence-electron chi connectivity index (χ0n) is 35.4. The highest BCUT2D eigenvalue weighted by molar-refractivity contribution is 6.15. The first-order chi connectivity index (χ1) is 32.3. The van der Waals surface area contributed by atoms with Crippen molar-refractivity contribution in [2.45, 2.75) is 0 Å². The van der Waals surface area contributed by atoms with Crippen molar-refractivity contribution in [2.75, 3.05) is 4.90 Å². The second-order valence-corrected chi connectivity index (χ2v) is 16.8. The smallest absolute Gasteiger partial charge is 0.143 e. The van der Waals surface area contributed by atoms with Crippen LogP contribution in [0.25, 0.3) is 104 Å². The lowest BCUT2D eigenvalue weighted by Gasteiger charge is -2.29. The number of hydrogen-bond donors (Lipinski definition) is 0. The van der Waals surface area contributed by atoms with E-state index in [1.165, 1.54) is 54.5 Å². The van der Waals surface area contributed by atoms with Gasteiger partial charge in [0.1, 0.15) is 11.2 Å². The Bertz CT molecular complexity index is 3900. The first kappa shape index (κ1) is 36.9. The third-order valence-electron chi connectivity index (χ3n) is 13.2. The second kappa shape index (κ2) is 15.0. The monoisotopic (exact) mass is 828 g/mol. The lowest BCUT2D eigenvalue weighted by atomic mass is 9.93. The van der Waals surface area contributed by atoms with Crippen LogP contribution in [0.15, 0.2) is 247 Å². The molecule has 2 heterocycles. The van der Waals surface area contributed by atoms with E-state index in [1.54, 1.807) is 0 Å². The van der Waals surface area contributed by atoms with Gasteiger partial charge in [0.15, 0.2) is 0 Å². The van der Waals surface area contributed by atoms with Gasteiger partial charge < -0.3 is 13.9 Å². The van der Waals surface area contributed by atoms with Gasteiger partial charge in [-0.05, 0) is 105 Å². The summed E-state index contributed by atoms with van der Waals surface area (Å²) >= 11 is 0. The number of fused-ring (bicyclic) bond motifs is 9. The zero-order chi connectivity index (χ0) is 42.8. The maximum Gasteiger partial charge on any atom is 0.143 e. The number of para-hydroxylation sites is 6. The Hall–Kier alpha value is -8.66. The van der Waals surface area contributed by atoms with Crippen molar-refractivity contribution < 1.29 is 4.42 Å². The molecule has 11 aromatic carbocycles. The SMILES string of the molecule is c1ccc(N(c2ccc(-c3cc4ccccc4c4ccccc34)cc2)c2ccc(-c3ccccc3-n3c4ccccc4c4ccccc43)cc2-c2cccc3c2oc2ccccc23)cc1. The van der Waals surface area contributed by atoms with E-state index in [-0.39, 0.29) is 0 Å². The van der Waals surface area contributed by atoms with Crippen LogP contribution < -0.4 is 4.90 Å². The normalized spacial score (nSPS) is 11.7. The highest BCUT2D eigenvalue weighted by Crippen LogP contribution is 2.47. The van der Waals surface area contributed by atoms with E-state index in [9.17, 15) is 0 Å². The predicted molar refractivity (Wildman–Crippen MR) is 274 cm³/mol. The number of nitrogens with zero attached hydrogens (tertiary/aromatic N) is 2. The summed E-state index contributed by atoms with van der Waals surface area (Å²) in [5.74, 6) is 0. The molecule has 3 nitrogen and oxygen atoms in total. The molecule has 304 valence electrons. The van der Waals surface area contributed by atoms with E-state index < -0.39 is 0 Å². The minimum Gasteiger partial charge on any atom is -0.455 e. The quantitative estimate of drug-likeness (QED) is 0.149. The molecule has 0 aliphatic heterocycles. The van der Waals surface area contributed by atoms with Crippen LogP contribution in [0.4, 0.5) is 17.1 Å². The van der Waals surface area contributed by atoms with Crippen LogP contribution in [0.3, 0.4) is 0 Å². The summed E-state index contributed by atoms with van der Waals surface area (Å²) < 4.78 is 9.24. The van der Waals surface area contributed by atoms with Crippen LogP contribution in [0.2, 0.25) is 0 Å². The van der Waals surface area contributed by atoms with Crippen molar-refractivity contribution in [3.05, 3.63) is 243 Å². The van der Waals surface area contributed by atoms with E-state index in [1.807, 2.05) is 6.07 Å². The summed E-state index contributed by atoms with van der Waals surface area (Å²) in [6.07, 6.45) is 0. The fourth-order valence-corrected chi connectivity index (χ4v) is 10.3. The number of hydrogen-bond acceptors (Lipinski definition) is 2. The Morgan fingerprint density at radius 2 is 0.892 bits per heavy atom. The van der Waals surface area contributed by atoms with Gasteiger partial charge in [-0.25, -0.2) is 0 Å². The summed E-state index contributed by atoms with van der Waals surface area (Å²) in [5.41, 5.74) is 15.2. The van der Waals surface area contributed by atoms with Gasteiger partial charge in [0.2, 0.25) is 0 Å². The van der Waals surface area contributed by atoms with Crippen molar-refractivity contribution in [3.8, 4) is 39.1 Å². The molecule has 13 rings (SSSR count). The van der Waals surface area contributed by atoms with Gasteiger partial charge in [0, 0.05) is 49.6 Å². The maximum atomic E-state index is 6.82. The molecule has 2 aromatic heterocycles. The lowest BCUT2D eigenvalue weighted by molar-refractivity contribution is 0.670. The molecule has 0 amide bonds. The second-order valence-electron chi connectivity index (χ2n) is 16.8. The highest BCUT2D eigenvalue weighted by Gasteiger charge is 2.23. The summed E-state index contributed by atoms with van der Waals surface area (Å²) in [6.45, 7) is 0. The molecule has 0 bridgehead atoms. The zero-order valence-corrected chi connectivity index (χ0v) is 35.4. The topological polar surface area (TPSA) is 21.3 Å². The minimum atomic E-state index is 0.870. The summed E-state index contributed by atoms with van der Waals surface area (Å²) in [5, 5.41) is 9.70. The van der Waals surface area contributed by atoms with Crippen LogP contribution in [0, 0.1) is 0 Å². The van der Waals surface area contributed by atoms with Gasteiger partial charge in [-0.15, -0.1) is 0 Å². The molecular weight excluding hydrogens is 789 g/mol. The summed E-state index contributed by atoms with van der Waals surface area (Å²) in [4.78, 5) is 2.39. The fraction of sp³-hybridized carbons (Fsp3) is 0. The molecule has 0 saturated heterocycles. The summed E-state index contributed by atoms with van der Waals surface area (Å²) in [6, 6.07) is 87.7. The molecule has 0 spiro atoms. The number of aromatic nitrogens is 1. The Labute approximate surface area is 376 Å². The molecule has 0 unspecified atom stereocenters. The van der Waals surface area contributed by atoms with Gasteiger partial charge in [-0.1, -0.05) is 176 Å². The first-order valence-corrected chi connectivity index (χ1v) is 22.3. The number of anilines is 3. The van der Waals surface area contributed by atoms with Gasteiger partial charge in [-0.2, -0.15) is 0 Å². The summed E-state index contributed by atoms with van der Waals surface area (Å²) in [7, 11) is 0. The van der Waals surface area contributed by atoms with Crippen LogP contribution in [0.1, 0.15) is 0 Å². The molecule has 0 atom stereocenters. The van der Waals surface area contributed by atoms with E-state index in [4.69, 9.17) is 4.42 Å². The van der Waals surface area contributed by atoms with E-state index in [2.05, 4.69) is 246 Å². The van der Waals surface area contributed by atoms with Crippen molar-refractivity contribution in [1.29, 1.82) is 0 Å². The largest absolute Gasteiger partial charge is 0.455 e. The molecule has 0 N–H and O–H groups in total. The molecule has 0 saturated carbocycles. The van der Waals surface area contributed by atoms with Crippen molar-refractivity contribution in [3.63, 3.8) is 0 Å². The Morgan fingerprint density at radius 3 is 1.68 bits per heavy atom. The van der Waals surface area contributed by atoms with Crippen LogP contribution in [0.5, 0.6) is 0 Å². The first-order valence-electron chi connectivity index (χ1n) is 22.3. The van der Waals surface area contributed by atoms with Crippen molar-refractivity contribution >= 4 is 82.4 Å². The molecule has 13 aromatic rings. The van der Waals surface area contributed by atoms with Gasteiger partial charge in [0.25, 0.3) is 0 Å². The van der Waals surface area contributed by atoms with Crippen LogP contribution in [-0.2, 0) is 0 Å². The molecule has 0 fully saturated rings. The Kier molecular flexibility index (Phi) is 8.53. The van der Waals surface area contributed by atoms with Crippen molar-refractivity contribution in [1.82, 2.24) is 4.57 Å². The van der Waals surface area contributed by atoms with Crippen LogP contribution >= 0.6 is 0 Å². The Morgan fingerprint density at radius 1 is 0.323 bits per heavy atom. The third-order valence-corrected chi connectivity index (χ3v) is 13.2. The molecule has 0 radical (unpaired) electrons. The molecule has 0 aliphatic rings. The standard InChI is InChI=1S/C62H40N2O/c1-2-18-44(19-3-1)63(45-36-33-41(34-37-45)55-39-42-17-4-5-20-46(42)48-22-6-7-23-49(48)55)60-38-35-43(40-56(60)54-28-16-27-53-52-26-11-15-32-61(52)65-62(53)54)47-21-8-12-29-57(47)64-58-30-13-9-24-50(58)51-25-10-14-31-59(51)64/h1-40H. The van der Waals surface area contributed by atoms with E-state index >= 15 is 0 Å². The van der Waals surface area contributed by atoms with Crippen LogP contribution in [-0.4, -0.2) is 4.57 Å². The highest BCUT2D eigenvalue weighted by atomic mass is 16.3. The van der Waals surface area contributed by atoms with Crippen molar-refractivity contribution in [2.24, 2.45) is 0 Å². The molecule has 3 heteroatoms. The predicted octanol–water partition coefficient (Wildman–Crippen LogP) is 17.5. The van der Waals surface area contributed by atoms with E-state index in [0.717, 1.165) is 66.9 Å². The van der Waals surface area contributed by atoms with Gasteiger partial charge in [0.05, 0.1) is 22.4 Å². The number of rotatable bonds is 7. The fourth-order valence-electron chi connectivity index (χ4n) is 10.3. The van der Waals surface area contributed by atoms with Gasteiger partial charge >= 0.3 is 0 Å². The number of furan rings is 1. The Balaban J connectivity index is 1.04. The molecular formula is C62H40N2O. The average molecular weight is 829 g/mol. The third kappa shape index (κ3) is 5.97. The van der Waals surface area contributed by atoms with E-state index in [0.29, 0.717) is 0 Å². The van der Waals surface area contributed by atoms with Gasteiger partial charge in [-0.3, -0.25) is 0 Å². The average Bonchev–Trinajstić information content (AvgIpc) is 3.93. The molecule has 65 heavy (non-hydrogen) atoms. The maximum absolute atomic E-state index is 6.82. The minimum absolute atomic E-state index is 0.870. The number of benzene rings is 11. The lowest BCUT2D eigenvalue weighted by Crippen LogP contribution is -2.11.